The summed E-state index contributed by atoms with van der Waals surface area (Å²) in [5.74, 6) is 7.52. The number of rotatable bonds is 4. The molecule has 0 spiro atoms. The summed E-state index contributed by atoms with van der Waals surface area (Å²) < 4.78 is 1.81. The van der Waals surface area contributed by atoms with Gasteiger partial charge < -0.3 is 0 Å². The third kappa shape index (κ3) is 4.40. The van der Waals surface area contributed by atoms with E-state index in [0.29, 0.717) is 6.04 Å². The molecule has 0 saturated carbocycles. The van der Waals surface area contributed by atoms with Crippen LogP contribution in [0.3, 0.4) is 0 Å². The number of hydrogen-bond donors (Lipinski definition) is 0. The Morgan fingerprint density at radius 1 is 1.26 bits per heavy atom. The highest BCUT2D eigenvalue weighted by Crippen LogP contribution is 2.17. The van der Waals surface area contributed by atoms with Crippen molar-refractivity contribution >= 4 is 0 Å². The Morgan fingerprint density at radius 2 is 2.00 bits per heavy atom. The number of likely N-dealkylation sites (tertiary alicyclic amines) is 1. The fourth-order valence-electron chi connectivity index (χ4n) is 2.54. The van der Waals surface area contributed by atoms with Crippen LogP contribution in [-0.2, 0) is 7.05 Å². The lowest BCUT2D eigenvalue weighted by Gasteiger charge is -2.23. The van der Waals surface area contributed by atoms with Gasteiger partial charge in [0.25, 0.3) is 0 Å². The van der Waals surface area contributed by atoms with Crippen molar-refractivity contribution in [1.82, 2.24) is 14.7 Å². The molecule has 3 nitrogen and oxygen atoms in total. The van der Waals surface area contributed by atoms with Gasteiger partial charge in [-0.3, -0.25) is 9.58 Å². The summed E-state index contributed by atoms with van der Waals surface area (Å²) in [6.45, 7) is 7.00. The fraction of sp³-hybridized carbons (Fsp3) is 0.688. The normalized spacial score (nSPS) is 17.5. The molecule has 2 rings (SSSR count). The zero-order valence-electron chi connectivity index (χ0n) is 12.4. The summed E-state index contributed by atoms with van der Waals surface area (Å²) >= 11 is 0. The van der Waals surface area contributed by atoms with Gasteiger partial charge in [-0.15, -0.1) is 0 Å². The number of aryl methyl sites for hydroxylation is 1. The Kier molecular flexibility index (Phi) is 5.04. The van der Waals surface area contributed by atoms with Crippen LogP contribution in [0.15, 0.2) is 12.4 Å². The van der Waals surface area contributed by atoms with E-state index in [1.54, 1.807) is 0 Å². The van der Waals surface area contributed by atoms with Gasteiger partial charge in [-0.05, 0) is 44.7 Å². The zero-order valence-corrected chi connectivity index (χ0v) is 12.4. The van der Waals surface area contributed by atoms with Gasteiger partial charge in [-0.25, -0.2) is 0 Å². The third-order valence-corrected chi connectivity index (χ3v) is 3.69. The van der Waals surface area contributed by atoms with Crippen molar-refractivity contribution in [3.8, 4) is 11.8 Å². The second kappa shape index (κ2) is 6.77. The fourth-order valence-corrected chi connectivity index (χ4v) is 2.54. The largest absolute Gasteiger partial charge is 0.290 e. The Hall–Kier alpha value is -1.27. The minimum absolute atomic E-state index is 0.421. The van der Waals surface area contributed by atoms with E-state index >= 15 is 0 Å². The van der Waals surface area contributed by atoms with Crippen molar-refractivity contribution in [2.24, 2.45) is 13.0 Å². The average Bonchev–Trinajstić information content (AvgIpc) is 3.00. The van der Waals surface area contributed by atoms with Crippen molar-refractivity contribution in [2.45, 2.75) is 45.6 Å². The van der Waals surface area contributed by atoms with Crippen molar-refractivity contribution in [1.29, 1.82) is 0 Å². The molecule has 1 aliphatic rings. The van der Waals surface area contributed by atoms with Crippen molar-refractivity contribution in [2.75, 3.05) is 13.1 Å². The van der Waals surface area contributed by atoms with Gasteiger partial charge in [0.05, 0.1) is 17.8 Å². The van der Waals surface area contributed by atoms with Crippen LogP contribution in [0.4, 0.5) is 0 Å². The van der Waals surface area contributed by atoms with E-state index < -0.39 is 0 Å². The van der Waals surface area contributed by atoms with Crippen LogP contribution in [0.25, 0.3) is 0 Å². The first-order valence-electron chi connectivity index (χ1n) is 7.39. The molecule has 2 heterocycles. The van der Waals surface area contributed by atoms with Gasteiger partial charge in [0, 0.05) is 13.2 Å². The lowest BCUT2D eigenvalue weighted by atomic mass is 10.0. The summed E-state index contributed by atoms with van der Waals surface area (Å²) in [6.07, 6.45) is 8.92. The maximum atomic E-state index is 4.17. The molecular formula is C16H25N3. The first kappa shape index (κ1) is 14.1. The van der Waals surface area contributed by atoms with Gasteiger partial charge >= 0.3 is 0 Å². The standard InChI is InChI=1S/C16H25N3/c1-14(2)6-8-16(19-10-4-5-11-19)9-7-15-12-17-18(3)13-15/h12-14,16H,4-6,8,10-11H2,1-3H3. The van der Waals surface area contributed by atoms with Crippen LogP contribution in [0.1, 0.15) is 45.1 Å². The van der Waals surface area contributed by atoms with Crippen molar-refractivity contribution in [3.63, 3.8) is 0 Å². The second-order valence-corrected chi connectivity index (χ2v) is 5.90. The van der Waals surface area contributed by atoms with E-state index in [1.165, 1.54) is 38.8 Å². The van der Waals surface area contributed by atoms with E-state index in [2.05, 4.69) is 35.7 Å². The Labute approximate surface area is 117 Å². The lowest BCUT2D eigenvalue weighted by molar-refractivity contribution is 0.268. The molecule has 0 radical (unpaired) electrons. The summed E-state index contributed by atoms with van der Waals surface area (Å²) in [5, 5.41) is 4.17. The first-order valence-corrected chi connectivity index (χ1v) is 7.39. The molecule has 0 aliphatic carbocycles. The van der Waals surface area contributed by atoms with Crippen LogP contribution in [0, 0.1) is 17.8 Å². The van der Waals surface area contributed by atoms with E-state index in [9.17, 15) is 0 Å². The van der Waals surface area contributed by atoms with Crippen LogP contribution in [-0.4, -0.2) is 33.8 Å². The highest BCUT2D eigenvalue weighted by Gasteiger charge is 2.20. The minimum atomic E-state index is 0.421. The lowest BCUT2D eigenvalue weighted by Crippen LogP contribution is -2.31. The first-order chi connectivity index (χ1) is 9.15. The van der Waals surface area contributed by atoms with Crippen LogP contribution in [0.5, 0.6) is 0 Å². The molecule has 0 N–H and O–H groups in total. The zero-order chi connectivity index (χ0) is 13.7. The summed E-state index contributed by atoms with van der Waals surface area (Å²) in [7, 11) is 1.93. The number of aromatic nitrogens is 2. The Morgan fingerprint density at radius 3 is 2.58 bits per heavy atom. The molecule has 1 unspecified atom stereocenters. The highest BCUT2D eigenvalue weighted by atomic mass is 15.2. The molecular weight excluding hydrogens is 234 g/mol. The molecule has 104 valence electrons. The van der Waals surface area contributed by atoms with E-state index in [-0.39, 0.29) is 0 Å². The second-order valence-electron chi connectivity index (χ2n) is 5.90. The van der Waals surface area contributed by atoms with Crippen molar-refractivity contribution in [3.05, 3.63) is 18.0 Å². The predicted molar refractivity (Wildman–Crippen MR) is 78.8 cm³/mol. The molecule has 0 amide bonds. The quantitative estimate of drug-likeness (QED) is 0.775. The number of hydrogen-bond acceptors (Lipinski definition) is 2. The SMILES string of the molecule is CC(C)CCC(C#Cc1cnn(C)c1)N1CCCC1. The molecule has 0 aromatic carbocycles. The highest BCUT2D eigenvalue weighted by molar-refractivity contribution is 5.31. The molecule has 1 saturated heterocycles. The van der Waals surface area contributed by atoms with Crippen molar-refractivity contribution < 1.29 is 0 Å². The molecule has 1 aromatic rings. The van der Waals surface area contributed by atoms with Crippen LogP contribution >= 0.6 is 0 Å². The monoisotopic (exact) mass is 259 g/mol. The predicted octanol–water partition coefficient (Wildman–Crippen LogP) is 2.67. The Balaban J connectivity index is 2.02. The van der Waals surface area contributed by atoms with Gasteiger partial charge in [0.2, 0.25) is 0 Å². The van der Waals surface area contributed by atoms with E-state index in [0.717, 1.165) is 11.5 Å². The molecule has 1 fully saturated rings. The average molecular weight is 259 g/mol. The van der Waals surface area contributed by atoms with Gasteiger partial charge in [-0.1, -0.05) is 25.7 Å². The van der Waals surface area contributed by atoms with E-state index in [1.807, 2.05) is 24.1 Å². The summed E-state index contributed by atoms with van der Waals surface area (Å²) in [6, 6.07) is 0.421. The molecule has 0 bridgehead atoms. The molecule has 19 heavy (non-hydrogen) atoms. The summed E-state index contributed by atoms with van der Waals surface area (Å²) in [5.41, 5.74) is 1.02. The molecule has 1 atom stereocenters. The van der Waals surface area contributed by atoms with E-state index in [4.69, 9.17) is 0 Å². The third-order valence-electron chi connectivity index (χ3n) is 3.69. The Bertz CT molecular complexity index is 444. The smallest absolute Gasteiger partial charge is 0.0718 e. The molecule has 3 heteroatoms. The maximum absolute atomic E-state index is 4.17. The van der Waals surface area contributed by atoms with Gasteiger partial charge in [0.1, 0.15) is 0 Å². The molecule has 1 aromatic heterocycles. The van der Waals surface area contributed by atoms with Gasteiger partial charge in [-0.2, -0.15) is 5.10 Å². The summed E-state index contributed by atoms with van der Waals surface area (Å²) in [4.78, 5) is 2.55. The van der Waals surface area contributed by atoms with Crippen LogP contribution < -0.4 is 0 Å². The maximum Gasteiger partial charge on any atom is 0.0718 e. The van der Waals surface area contributed by atoms with Gasteiger partial charge in [0.15, 0.2) is 0 Å². The van der Waals surface area contributed by atoms with Crippen LogP contribution in [0.2, 0.25) is 0 Å². The minimum Gasteiger partial charge on any atom is -0.290 e. The number of nitrogens with zero attached hydrogens (tertiary/aromatic N) is 3. The molecule has 1 aliphatic heterocycles. The topological polar surface area (TPSA) is 21.1 Å².